The van der Waals surface area contributed by atoms with E-state index in [0.717, 1.165) is 12.1 Å². The van der Waals surface area contributed by atoms with E-state index in [1.807, 2.05) is 6.92 Å². The van der Waals surface area contributed by atoms with Gasteiger partial charge in [-0.2, -0.15) is 0 Å². The molecule has 0 radical (unpaired) electrons. The molecule has 0 bridgehead atoms. The van der Waals surface area contributed by atoms with Gasteiger partial charge in [-0.05, 0) is 6.92 Å². The van der Waals surface area contributed by atoms with Gasteiger partial charge in [0.15, 0.2) is 12.2 Å². The smallest absolute Gasteiger partial charge is 0.306 e. The first-order valence-electron chi connectivity index (χ1n) is 3.67. The fourth-order valence-corrected chi connectivity index (χ4v) is 1.35. The minimum atomic E-state index is -0.212. The van der Waals surface area contributed by atoms with Crippen molar-refractivity contribution < 1.29 is 14.4 Å². The summed E-state index contributed by atoms with van der Waals surface area (Å²) >= 11 is 0. The van der Waals surface area contributed by atoms with Gasteiger partial charge in [0.05, 0.1) is 5.71 Å². The average Bonchev–Trinajstić information content (AvgIpc) is 2.33. The van der Waals surface area contributed by atoms with E-state index in [0.29, 0.717) is 6.42 Å². The summed E-state index contributed by atoms with van der Waals surface area (Å²) in [5.41, 5.74) is 0.767. The minimum absolute atomic E-state index is 0.0206. The number of fused-ring (bicyclic) bond motifs is 1. The van der Waals surface area contributed by atoms with Crippen molar-refractivity contribution in [2.24, 2.45) is 5.16 Å². The number of rotatable bonds is 0. The Kier molecular flexibility index (Phi) is 1.34. The van der Waals surface area contributed by atoms with E-state index in [2.05, 4.69) is 5.16 Å². The Morgan fingerprint density at radius 3 is 3.27 bits per heavy atom. The van der Waals surface area contributed by atoms with Gasteiger partial charge in [-0.3, -0.25) is 4.79 Å². The molecule has 2 aliphatic heterocycles. The molecule has 0 saturated carbocycles. The lowest BCUT2D eigenvalue weighted by Gasteiger charge is -2.22. The predicted octanol–water partition coefficient (Wildman–Crippen LogP) is 0.467. The lowest BCUT2D eigenvalue weighted by Crippen LogP contribution is -2.37. The highest BCUT2D eigenvalue weighted by Gasteiger charge is 2.38. The van der Waals surface area contributed by atoms with Crippen LogP contribution >= 0.6 is 0 Å². The van der Waals surface area contributed by atoms with Crippen molar-refractivity contribution in [2.45, 2.75) is 32.0 Å². The highest BCUT2D eigenvalue weighted by atomic mass is 16.7. The molecular formula is C7H9NO3. The van der Waals surface area contributed by atoms with Gasteiger partial charge in [0.2, 0.25) is 0 Å². The molecule has 60 valence electrons. The lowest BCUT2D eigenvalue weighted by molar-refractivity contribution is -0.157. The molecule has 0 spiro atoms. The zero-order valence-electron chi connectivity index (χ0n) is 6.24. The molecule has 0 N–H and O–H groups in total. The monoisotopic (exact) mass is 155 g/mol. The summed E-state index contributed by atoms with van der Waals surface area (Å²) in [4.78, 5) is 15.8. The topological polar surface area (TPSA) is 47.9 Å². The van der Waals surface area contributed by atoms with Gasteiger partial charge in [0.25, 0.3) is 0 Å². The molecule has 2 heterocycles. The van der Waals surface area contributed by atoms with Crippen LogP contribution in [0.5, 0.6) is 0 Å². The number of carbonyl (C=O) groups is 1. The second-order valence-corrected chi connectivity index (χ2v) is 2.83. The molecule has 0 amide bonds. The Bertz CT molecular complexity index is 224. The van der Waals surface area contributed by atoms with Gasteiger partial charge in [-0.15, -0.1) is 0 Å². The minimum Gasteiger partial charge on any atom is -0.452 e. The second kappa shape index (κ2) is 2.22. The SMILES string of the molecule is CC1=NO[C@@H]2CCC(=O)O[C@H]12. The summed E-state index contributed by atoms with van der Waals surface area (Å²) in [6.45, 7) is 1.81. The van der Waals surface area contributed by atoms with Crippen LogP contribution in [0.15, 0.2) is 5.16 Å². The van der Waals surface area contributed by atoms with E-state index in [1.165, 1.54) is 0 Å². The van der Waals surface area contributed by atoms with Crippen molar-refractivity contribution in [3.05, 3.63) is 0 Å². The number of esters is 1. The van der Waals surface area contributed by atoms with Crippen LogP contribution in [0.3, 0.4) is 0 Å². The molecule has 11 heavy (non-hydrogen) atoms. The first-order chi connectivity index (χ1) is 5.27. The van der Waals surface area contributed by atoms with Crippen LogP contribution in [0.2, 0.25) is 0 Å². The van der Waals surface area contributed by atoms with Crippen LogP contribution < -0.4 is 0 Å². The van der Waals surface area contributed by atoms with Crippen LogP contribution in [-0.2, 0) is 14.4 Å². The van der Waals surface area contributed by atoms with Crippen molar-refractivity contribution in [3.8, 4) is 0 Å². The fourth-order valence-electron chi connectivity index (χ4n) is 1.35. The second-order valence-electron chi connectivity index (χ2n) is 2.83. The number of nitrogens with zero attached hydrogens (tertiary/aromatic N) is 1. The molecule has 2 rings (SSSR count). The number of carbonyl (C=O) groups excluding carboxylic acids is 1. The number of oxime groups is 1. The average molecular weight is 155 g/mol. The maximum absolute atomic E-state index is 10.8. The summed E-state index contributed by atoms with van der Waals surface area (Å²) in [6.07, 6.45) is 0.942. The molecule has 1 saturated heterocycles. The maximum Gasteiger partial charge on any atom is 0.306 e. The lowest BCUT2D eigenvalue weighted by atomic mass is 10.0. The zero-order chi connectivity index (χ0) is 7.84. The van der Waals surface area contributed by atoms with Crippen molar-refractivity contribution in [1.82, 2.24) is 0 Å². The molecule has 0 aromatic carbocycles. The van der Waals surface area contributed by atoms with Crippen molar-refractivity contribution >= 4 is 11.7 Å². The van der Waals surface area contributed by atoms with Gasteiger partial charge in [0.1, 0.15) is 0 Å². The highest BCUT2D eigenvalue weighted by molar-refractivity contribution is 5.90. The van der Waals surface area contributed by atoms with Gasteiger partial charge < -0.3 is 9.57 Å². The molecule has 0 unspecified atom stereocenters. The van der Waals surface area contributed by atoms with Gasteiger partial charge in [-0.1, -0.05) is 5.16 Å². The Morgan fingerprint density at radius 1 is 1.64 bits per heavy atom. The van der Waals surface area contributed by atoms with Crippen molar-refractivity contribution in [3.63, 3.8) is 0 Å². The summed E-state index contributed by atoms with van der Waals surface area (Å²) in [5.74, 6) is -0.147. The van der Waals surface area contributed by atoms with Gasteiger partial charge in [-0.25, -0.2) is 0 Å². The molecule has 2 aliphatic rings. The van der Waals surface area contributed by atoms with E-state index in [1.54, 1.807) is 0 Å². The van der Waals surface area contributed by atoms with E-state index in [9.17, 15) is 4.79 Å². The van der Waals surface area contributed by atoms with Crippen molar-refractivity contribution in [2.75, 3.05) is 0 Å². The number of hydrogen-bond donors (Lipinski definition) is 0. The van der Waals surface area contributed by atoms with Crippen molar-refractivity contribution in [1.29, 1.82) is 0 Å². The van der Waals surface area contributed by atoms with Crippen LogP contribution in [-0.4, -0.2) is 23.9 Å². The first kappa shape index (κ1) is 6.64. The Labute approximate surface area is 64.2 Å². The third kappa shape index (κ3) is 0.982. The summed E-state index contributed by atoms with van der Waals surface area (Å²) in [5, 5.41) is 3.75. The maximum atomic E-state index is 10.8. The van der Waals surface area contributed by atoms with E-state index in [4.69, 9.17) is 9.57 Å². The normalized spacial score (nSPS) is 35.4. The van der Waals surface area contributed by atoms with Gasteiger partial charge >= 0.3 is 5.97 Å². The highest BCUT2D eigenvalue weighted by Crippen LogP contribution is 2.24. The fraction of sp³-hybridized carbons (Fsp3) is 0.714. The van der Waals surface area contributed by atoms with Crippen LogP contribution in [0.25, 0.3) is 0 Å². The summed E-state index contributed by atoms with van der Waals surface area (Å²) in [7, 11) is 0. The van der Waals surface area contributed by atoms with E-state index >= 15 is 0 Å². The quantitative estimate of drug-likeness (QED) is 0.477. The summed E-state index contributed by atoms with van der Waals surface area (Å²) < 4.78 is 5.03. The number of ether oxygens (including phenoxy) is 1. The zero-order valence-corrected chi connectivity index (χ0v) is 6.24. The molecule has 2 atom stereocenters. The van der Waals surface area contributed by atoms with Crippen LogP contribution in [0, 0.1) is 0 Å². The largest absolute Gasteiger partial charge is 0.452 e. The summed E-state index contributed by atoms with van der Waals surface area (Å²) in [6, 6.07) is 0. The Morgan fingerprint density at radius 2 is 2.45 bits per heavy atom. The molecule has 4 heteroatoms. The first-order valence-corrected chi connectivity index (χ1v) is 3.67. The third-order valence-electron chi connectivity index (χ3n) is 1.97. The molecule has 1 fully saturated rings. The molecular weight excluding hydrogens is 146 g/mol. The van der Waals surface area contributed by atoms with Crippen LogP contribution in [0.1, 0.15) is 19.8 Å². The molecule has 4 nitrogen and oxygen atoms in total. The Balaban J connectivity index is 2.13. The predicted molar refractivity (Wildman–Crippen MR) is 37.1 cm³/mol. The molecule has 0 aromatic rings. The molecule has 0 aliphatic carbocycles. The van der Waals surface area contributed by atoms with E-state index in [-0.39, 0.29) is 18.2 Å². The van der Waals surface area contributed by atoms with E-state index < -0.39 is 0 Å². The number of hydrogen-bond acceptors (Lipinski definition) is 4. The van der Waals surface area contributed by atoms with Crippen LogP contribution in [0.4, 0.5) is 0 Å². The van der Waals surface area contributed by atoms with Gasteiger partial charge in [0, 0.05) is 12.8 Å². The Hall–Kier alpha value is -1.06. The standard InChI is InChI=1S/C7H9NO3/c1-4-7-5(11-8-4)2-3-6(9)10-7/h5,7H,2-3H2,1H3/t5-,7-/m1/s1. The third-order valence-corrected chi connectivity index (χ3v) is 1.97. The molecule has 0 aromatic heterocycles.